The molecular formula is C16H18N4S. The zero-order valence-electron chi connectivity index (χ0n) is 12.2. The van der Waals surface area contributed by atoms with Gasteiger partial charge in [-0.05, 0) is 25.5 Å². The van der Waals surface area contributed by atoms with Gasteiger partial charge in [-0.15, -0.1) is 11.3 Å². The Morgan fingerprint density at radius 1 is 1.29 bits per heavy atom. The Morgan fingerprint density at radius 2 is 2.05 bits per heavy atom. The van der Waals surface area contributed by atoms with Crippen LogP contribution in [0.5, 0.6) is 0 Å². The van der Waals surface area contributed by atoms with Crippen molar-refractivity contribution >= 4 is 11.3 Å². The van der Waals surface area contributed by atoms with Crippen LogP contribution in [0.15, 0.2) is 42.7 Å². The highest BCUT2D eigenvalue weighted by molar-refractivity contribution is 7.11. The van der Waals surface area contributed by atoms with E-state index < -0.39 is 0 Å². The molecule has 0 aliphatic rings. The molecule has 5 heteroatoms. The highest BCUT2D eigenvalue weighted by Crippen LogP contribution is 2.26. The molecule has 2 heterocycles. The van der Waals surface area contributed by atoms with Gasteiger partial charge in [-0.1, -0.05) is 25.1 Å². The van der Waals surface area contributed by atoms with Crippen molar-refractivity contribution in [1.29, 1.82) is 0 Å². The van der Waals surface area contributed by atoms with Gasteiger partial charge in [-0.3, -0.25) is 0 Å². The molecule has 1 aromatic carbocycles. The van der Waals surface area contributed by atoms with Gasteiger partial charge in [0.05, 0.1) is 23.6 Å². The van der Waals surface area contributed by atoms with Crippen LogP contribution in [0.3, 0.4) is 0 Å². The molecule has 3 aromatic rings. The molecule has 1 unspecified atom stereocenters. The number of rotatable bonds is 4. The lowest BCUT2D eigenvalue weighted by molar-refractivity contribution is 0.840. The minimum atomic E-state index is -0.216. The molecular weight excluding hydrogens is 280 g/mol. The minimum Gasteiger partial charge on any atom is -0.318 e. The van der Waals surface area contributed by atoms with E-state index in [1.807, 2.05) is 47.4 Å². The Balaban J connectivity index is 1.88. The average molecular weight is 298 g/mol. The zero-order chi connectivity index (χ0) is 14.8. The summed E-state index contributed by atoms with van der Waals surface area (Å²) in [6.07, 6.45) is 4.74. The lowest BCUT2D eigenvalue weighted by atomic mass is 10.2. The molecule has 0 radical (unpaired) electrons. The molecule has 0 saturated heterocycles. The molecule has 0 saturated carbocycles. The summed E-state index contributed by atoms with van der Waals surface area (Å²) >= 11 is 1.67. The van der Waals surface area contributed by atoms with Crippen molar-refractivity contribution in [2.45, 2.75) is 26.3 Å². The average Bonchev–Trinajstić information content (AvgIpc) is 3.14. The second-order valence-electron chi connectivity index (χ2n) is 4.94. The van der Waals surface area contributed by atoms with Crippen molar-refractivity contribution in [3.05, 3.63) is 63.9 Å². The predicted octanol–water partition coefficient (Wildman–Crippen LogP) is 3.25. The standard InChI is InChI=1S/C16H18N4S/c1-3-14-11(2)21-16(19-14)15(17)12-9-18-20(10-12)13-7-5-4-6-8-13/h4-10,15H,3,17H2,1-2H3. The quantitative estimate of drug-likeness (QED) is 0.804. The molecule has 21 heavy (non-hydrogen) atoms. The largest absolute Gasteiger partial charge is 0.318 e. The minimum absolute atomic E-state index is 0.216. The maximum absolute atomic E-state index is 6.34. The van der Waals surface area contributed by atoms with Gasteiger partial charge >= 0.3 is 0 Å². The Hall–Kier alpha value is -1.98. The topological polar surface area (TPSA) is 56.7 Å². The summed E-state index contributed by atoms with van der Waals surface area (Å²) < 4.78 is 1.84. The van der Waals surface area contributed by atoms with Crippen molar-refractivity contribution in [2.24, 2.45) is 5.73 Å². The van der Waals surface area contributed by atoms with Gasteiger partial charge in [-0.25, -0.2) is 9.67 Å². The first-order valence-electron chi connectivity index (χ1n) is 7.00. The van der Waals surface area contributed by atoms with Crippen LogP contribution in [0.4, 0.5) is 0 Å². The van der Waals surface area contributed by atoms with Crippen LogP contribution in [0, 0.1) is 6.92 Å². The van der Waals surface area contributed by atoms with E-state index in [0.29, 0.717) is 0 Å². The number of aryl methyl sites for hydroxylation is 2. The number of hydrogen-bond acceptors (Lipinski definition) is 4. The summed E-state index contributed by atoms with van der Waals surface area (Å²) in [4.78, 5) is 5.89. The molecule has 0 bridgehead atoms. The molecule has 0 spiro atoms. The number of nitrogens with two attached hydrogens (primary N) is 1. The van der Waals surface area contributed by atoms with Crippen LogP contribution in [0.1, 0.15) is 34.1 Å². The molecule has 2 aromatic heterocycles. The number of aromatic nitrogens is 3. The van der Waals surface area contributed by atoms with Crippen LogP contribution >= 0.6 is 11.3 Å². The van der Waals surface area contributed by atoms with Gasteiger partial charge in [0.1, 0.15) is 5.01 Å². The Bertz CT molecular complexity index is 730. The fourth-order valence-corrected chi connectivity index (χ4v) is 3.31. The van der Waals surface area contributed by atoms with Crippen LogP contribution in [-0.4, -0.2) is 14.8 Å². The lowest BCUT2D eigenvalue weighted by Gasteiger charge is -2.05. The van der Waals surface area contributed by atoms with Gasteiger partial charge < -0.3 is 5.73 Å². The Labute approximate surface area is 128 Å². The molecule has 0 fully saturated rings. The van der Waals surface area contributed by atoms with Gasteiger partial charge in [0, 0.05) is 16.6 Å². The molecule has 0 amide bonds. The van der Waals surface area contributed by atoms with E-state index in [-0.39, 0.29) is 6.04 Å². The third-order valence-corrected chi connectivity index (χ3v) is 4.59. The third-order valence-electron chi connectivity index (χ3n) is 3.49. The highest BCUT2D eigenvalue weighted by atomic mass is 32.1. The van der Waals surface area contributed by atoms with E-state index in [0.717, 1.165) is 28.4 Å². The van der Waals surface area contributed by atoms with Crippen LogP contribution < -0.4 is 5.73 Å². The van der Waals surface area contributed by atoms with Gasteiger partial charge in [0.2, 0.25) is 0 Å². The molecule has 1 atom stereocenters. The maximum Gasteiger partial charge on any atom is 0.115 e. The molecule has 108 valence electrons. The van der Waals surface area contributed by atoms with E-state index in [2.05, 4.69) is 23.9 Å². The molecule has 4 nitrogen and oxygen atoms in total. The third kappa shape index (κ3) is 2.75. The van der Waals surface area contributed by atoms with Crippen molar-refractivity contribution in [1.82, 2.24) is 14.8 Å². The maximum atomic E-state index is 6.34. The summed E-state index contributed by atoms with van der Waals surface area (Å²) in [6.45, 7) is 4.21. The molecule has 0 aliphatic heterocycles. The van der Waals surface area contributed by atoms with Crippen LogP contribution in [0.25, 0.3) is 5.69 Å². The summed E-state index contributed by atoms with van der Waals surface area (Å²) in [5.74, 6) is 0. The van der Waals surface area contributed by atoms with Crippen molar-refractivity contribution in [2.75, 3.05) is 0 Å². The predicted molar refractivity (Wildman–Crippen MR) is 85.8 cm³/mol. The summed E-state index contributed by atoms with van der Waals surface area (Å²) in [5, 5.41) is 5.35. The number of thiazole rings is 1. The van der Waals surface area contributed by atoms with Crippen molar-refractivity contribution in [3.63, 3.8) is 0 Å². The van der Waals surface area contributed by atoms with E-state index >= 15 is 0 Å². The second-order valence-corrected chi connectivity index (χ2v) is 6.17. The zero-order valence-corrected chi connectivity index (χ0v) is 13.0. The highest BCUT2D eigenvalue weighted by Gasteiger charge is 2.17. The summed E-state index contributed by atoms with van der Waals surface area (Å²) in [7, 11) is 0. The fraction of sp³-hybridized carbons (Fsp3) is 0.250. The van der Waals surface area contributed by atoms with E-state index in [9.17, 15) is 0 Å². The normalized spacial score (nSPS) is 12.5. The first kappa shape index (κ1) is 14.0. The van der Waals surface area contributed by atoms with Crippen molar-refractivity contribution < 1.29 is 0 Å². The van der Waals surface area contributed by atoms with Crippen LogP contribution in [-0.2, 0) is 6.42 Å². The van der Waals surface area contributed by atoms with Crippen LogP contribution in [0.2, 0.25) is 0 Å². The smallest absolute Gasteiger partial charge is 0.115 e. The van der Waals surface area contributed by atoms with Gasteiger partial charge in [0.25, 0.3) is 0 Å². The lowest BCUT2D eigenvalue weighted by Crippen LogP contribution is -2.10. The van der Waals surface area contributed by atoms with Gasteiger partial charge in [-0.2, -0.15) is 5.10 Å². The van der Waals surface area contributed by atoms with Crippen molar-refractivity contribution in [3.8, 4) is 5.69 Å². The molecule has 3 rings (SSSR count). The monoisotopic (exact) mass is 298 g/mol. The first-order valence-corrected chi connectivity index (χ1v) is 7.82. The fourth-order valence-electron chi connectivity index (χ4n) is 2.27. The molecule has 2 N–H and O–H groups in total. The molecule has 0 aliphatic carbocycles. The number of nitrogens with zero attached hydrogens (tertiary/aromatic N) is 3. The second kappa shape index (κ2) is 5.79. The van der Waals surface area contributed by atoms with E-state index in [1.165, 1.54) is 4.88 Å². The summed E-state index contributed by atoms with van der Waals surface area (Å²) in [6, 6.07) is 9.80. The van der Waals surface area contributed by atoms with E-state index in [1.54, 1.807) is 11.3 Å². The summed E-state index contributed by atoms with van der Waals surface area (Å²) in [5.41, 5.74) is 9.49. The van der Waals surface area contributed by atoms with E-state index in [4.69, 9.17) is 5.73 Å². The first-order chi connectivity index (χ1) is 10.2. The number of hydrogen-bond donors (Lipinski definition) is 1. The number of benzene rings is 1. The SMILES string of the molecule is CCc1nc(C(N)c2cnn(-c3ccccc3)c2)sc1C. The van der Waals surface area contributed by atoms with Gasteiger partial charge in [0.15, 0.2) is 0 Å². The Kier molecular flexibility index (Phi) is 3.86. The number of para-hydroxylation sites is 1. The Morgan fingerprint density at radius 3 is 2.71 bits per heavy atom.